The zero-order valence-corrected chi connectivity index (χ0v) is 13.8. The first kappa shape index (κ1) is 17.5. The summed E-state index contributed by atoms with van der Waals surface area (Å²) in [5.41, 5.74) is 1.50. The third kappa shape index (κ3) is 4.81. The summed E-state index contributed by atoms with van der Waals surface area (Å²) in [7, 11) is 0. The van der Waals surface area contributed by atoms with Crippen LogP contribution in [-0.2, 0) is 6.54 Å². The van der Waals surface area contributed by atoms with Gasteiger partial charge in [0.1, 0.15) is 0 Å². The van der Waals surface area contributed by atoms with Crippen molar-refractivity contribution in [3.8, 4) is 0 Å². The number of amides is 2. The van der Waals surface area contributed by atoms with Gasteiger partial charge in [-0.05, 0) is 37.1 Å². The highest BCUT2D eigenvalue weighted by atomic mass is 16.2. The summed E-state index contributed by atoms with van der Waals surface area (Å²) >= 11 is 0. The maximum atomic E-state index is 12.1. The number of carbonyl (C=O) groups excluding carboxylic acids is 2. The van der Waals surface area contributed by atoms with E-state index in [0.29, 0.717) is 17.7 Å². The molecule has 126 valence electrons. The largest absolute Gasteiger partial charge is 0.350 e. The molecule has 0 bridgehead atoms. The van der Waals surface area contributed by atoms with Gasteiger partial charge < -0.3 is 15.6 Å². The Kier molecular flexibility index (Phi) is 5.89. The van der Waals surface area contributed by atoms with Crippen molar-refractivity contribution in [1.29, 1.82) is 0 Å². The summed E-state index contributed by atoms with van der Waals surface area (Å²) < 4.78 is 0. The number of carbonyl (C=O) groups is 2. The van der Waals surface area contributed by atoms with Crippen molar-refractivity contribution in [3.63, 3.8) is 0 Å². The molecule has 0 radical (unpaired) electrons. The van der Waals surface area contributed by atoms with Crippen molar-refractivity contribution in [2.45, 2.75) is 32.9 Å². The van der Waals surface area contributed by atoms with Crippen molar-refractivity contribution < 1.29 is 9.59 Å². The summed E-state index contributed by atoms with van der Waals surface area (Å²) in [6, 6.07) is 10.00. The molecule has 0 aliphatic carbocycles. The molecule has 0 fully saturated rings. The van der Waals surface area contributed by atoms with Gasteiger partial charge in [-0.2, -0.15) is 0 Å². The molecular formula is C18H21N3O3. The minimum atomic E-state index is -0.291. The molecule has 2 aromatic rings. The Morgan fingerprint density at radius 1 is 1.12 bits per heavy atom. The van der Waals surface area contributed by atoms with Crippen LogP contribution in [0.1, 0.15) is 46.5 Å². The zero-order valence-electron chi connectivity index (χ0n) is 13.8. The van der Waals surface area contributed by atoms with E-state index in [2.05, 4.69) is 15.6 Å². The van der Waals surface area contributed by atoms with Gasteiger partial charge >= 0.3 is 0 Å². The van der Waals surface area contributed by atoms with Gasteiger partial charge in [0.05, 0.1) is 5.56 Å². The topological polar surface area (TPSA) is 91.1 Å². The standard InChI is InChI=1S/C18H21N3O3/c1-3-12(2)21-18(24)14-6-4-5-13(9-14)10-20-17(23)15-7-8-16(22)19-11-15/h4-9,11-12H,3,10H2,1-2H3,(H,19,22)(H,20,23)(H,21,24)/t12-/m1/s1. The molecular weight excluding hydrogens is 306 g/mol. The molecule has 0 saturated heterocycles. The van der Waals surface area contributed by atoms with Crippen LogP contribution in [0, 0.1) is 0 Å². The Morgan fingerprint density at radius 3 is 2.58 bits per heavy atom. The van der Waals surface area contributed by atoms with E-state index < -0.39 is 0 Å². The lowest BCUT2D eigenvalue weighted by atomic mass is 10.1. The van der Waals surface area contributed by atoms with Crippen LogP contribution in [0.15, 0.2) is 47.4 Å². The first-order valence-corrected chi connectivity index (χ1v) is 7.86. The van der Waals surface area contributed by atoms with Crippen LogP contribution in [-0.4, -0.2) is 22.8 Å². The van der Waals surface area contributed by atoms with Crippen molar-refractivity contribution in [2.24, 2.45) is 0 Å². The van der Waals surface area contributed by atoms with E-state index >= 15 is 0 Å². The smallest absolute Gasteiger partial charge is 0.253 e. The third-order valence-corrected chi connectivity index (χ3v) is 3.68. The Hall–Kier alpha value is -2.89. The van der Waals surface area contributed by atoms with E-state index in [9.17, 15) is 14.4 Å². The van der Waals surface area contributed by atoms with E-state index in [4.69, 9.17) is 0 Å². The fourth-order valence-electron chi connectivity index (χ4n) is 2.07. The molecule has 2 amide bonds. The quantitative estimate of drug-likeness (QED) is 0.756. The number of hydrogen-bond donors (Lipinski definition) is 3. The van der Waals surface area contributed by atoms with Crippen LogP contribution in [0.25, 0.3) is 0 Å². The third-order valence-electron chi connectivity index (χ3n) is 3.68. The van der Waals surface area contributed by atoms with Gasteiger partial charge in [0.25, 0.3) is 11.8 Å². The summed E-state index contributed by atoms with van der Waals surface area (Å²) in [5, 5.41) is 5.67. The number of aromatic nitrogens is 1. The number of H-pyrrole nitrogens is 1. The first-order valence-electron chi connectivity index (χ1n) is 7.86. The predicted molar refractivity (Wildman–Crippen MR) is 91.9 cm³/mol. The summed E-state index contributed by atoms with van der Waals surface area (Å²) in [4.78, 5) is 37.6. The first-order chi connectivity index (χ1) is 11.5. The lowest BCUT2D eigenvalue weighted by molar-refractivity contribution is 0.0936. The fraction of sp³-hybridized carbons (Fsp3) is 0.278. The number of pyridine rings is 1. The molecule has 3 N–H and O–H groups in total. The van der Waals surface area contributed by atoms with Crippen LogP contribution in [0.3, 0.4) is 0 Å². The van der Waals surface area contributed by atoms with Crippen LogP contribution in [0.5, 0.6) is 0 Å². The lowest BCUT2D eigenvalue weighted by Crippen LogP contribution is -2.32. The highest BCUT2D eigenvalue weighted by Crippen LogP contribution is 2.06. The van der Waals surface area contributed by atoms with Crippen molar-refractivity contribution in [2.75, 3.05) is 0 Å². The van der Waals surface area contributed by atoms with Gasteiger partial charge in [0, 0.05) is 30.4 Å². The SMILES string of the molecule is CC[C@@H](C)NC(=O)c1cccc(CNC(=O)c2ccc(=O)[nH]c2)c1. The van der Waals surface area contributed by atoms with E-state index in [1.807, 2.05) is 19.9 Å². The fourth-order valence-corrected chi connectivity index (χ4v) is 2.07. The molecule has 1 atom stereocenters. The number of nitrogens with one attached hydrogen (secondary N) is 3. The molecule has 0 aliphatic heterocycles. The van der Waals surface area contributed by atoms with E-state index in [0.717, 1.165) is 12.0 Å². The average Bonchev–Trinajstić information content (AvgIpc) is 2.60. The maximum absolute atomic E-state index is 12.1. The number of hydrogen-bond acceptors (Lipinski definition) is 3. The lowest BCUT2D eigenvalue weighted by Gasteiger charge is -2.12. The van der Waals surface area contributed by atoms with E-state index in [-0.39, 0.29) is 23.4 Å². The molecule has 0 aliphatic rings. The van der Waals surface area contributed by atoms with Crippen LogP contribution in [0.4, 0.5) is 0 Å². The number of rotatable bonds is 6. The van der Waals surface area contributed by atoms with Crippen LogP contribution >= 0.6 is 0 Å². The van der Waals surface area contributed by atoms with Crippen LogP contribution in [0.2, 0.25) is 0 Å². The number of aromatic amines is 1. The summed E-state index contributed by atoms with van der Waals surface area (Å²) in [6.07, 6.45) is 2.23. The van der Waals surface area contributed by atoms with Gasteiger partial charge in [-0.25, -0.2) is 0 Å². The van der Waals surface area contributed by atoms with E-state index in [1.165, 1.54) is 18.3 Å². The Labute approximate surface area is 140 Å². The van der Waals surface area contributed by atoms with Crippen LogP contribution < -0.4 is 16.2 Å². The second-order valence-electron chi connectivity index (χ2n) is 5.61. The Morgan fingerprint density at radius 2 is 1.92 bits per heavy atom. The molecule has 6 heteroatoms. The normalized spacial score (nSPS) is 11.6. The van der Waals surface area contributed by atoms with Gasteiger partial charge in [-0.1, -0.05) is 19.1 Å². The molecule has 0 saturated carbocycles. The molecule has 1 aromatic carbocycles. The van der Waals surface area contributed by atoms with Crippen molar-refractivity contribution >= 4 is 11.8 Å². The minimum absolute atomic E-state index is 0.112. The van der Waals surface area contributed by atoms with Gasteiger partial charge in [-0.15, -0.1) is 0 Å². The molecule has 6 nitrogen and oxygen atoms in total. The highest BCUT2D eigenvalue weighted by molar-refractivity contribution is 5.95. The van der Waals surface area contributed by atoms with E-state index in [1.54, 1.807) is 18.2 Å². The molecule has 0 unspecified atom stereocenters. The van der Waals surface area contributed by atoms with Crippen molar-refractivity contribution in [3.05, 3.63) is 69.6 Å². The maximum Gasteiger partial charge on any atom is 0.253 e. The van der Waals surface area contributed by atoms with Gasteiger partial charge in [0.15, 0.2) is 0 Å². The van der Waals surface area contributed by atoms with Gasteiger partial charge in [0.2, 0.25) is 5.56 Å². The summed E-state index contributed by atoms with van der Waals surface area (Å²) in [6.45, 7) is 4.25. The molecule has 0 spiro atoms. The molecule has 2 rings (SSSR count). The monoisotopic (exact) mass is 327 g/mol. The Bertz CT molecular complexity index is 763. The predicted octanol–water partition coefficient (Wildman–Crippen LogP) is 1.83. The number of benzene rings is 1. The van der Waals surface area contributed by atoms with Crippen molar-refractivity contribution in [1.82, 2.24) is 15.6 Å². The highest BCUT2D eigenvalue weighted by Gasteiger charge is 2.10. The summed E-state index contributed by atoms with van der Waals surface area (Å²) in [5.74, 6) is -0.418. The molecule has 1 heterocycles. The second-order valence-corrected chi connectivity index (χ2v) is 5.61. The molecule has 1 aromatic heterocycles. The average molecular weight is 327 g/mol. The molecule has 24 heavy (non-hydrogen) atoms. The second kappa shape index (κ2) is 8.10. The minimum Gasteiger partial charge on any atom is -0.350 e. The zero-order chi connectivity index (χ0) is 17.5. The van der Waals surface area contributed by atoms with Gasteiger partial charge in [-0.3, -0.25) is 14.4 Å². The Balaban J connectivity index is 1.99.